The molecule has 1 aliphatic heterocycles. The summed E-state index contributed by atoms with van der Waals surface area (Å²) in [6, 6.07) is 8.95. The van der Waals surface area contributed by atoms with Crippen LogP contribution < -0.4 is 9.47 Å². The highest BCUT2D eigenvalue weighted by molar-refractivity contribution is 5.46. The van der Waals surface area contributed by atoms with Crippen molar-refractivity contribution >= 4 is 0 Å². The number of hydrogen-bond acceptors (Lipinski definition) is 4. The minimum absolute atomic E-state index is 0.231. The van der Waals surface area contributed by atoms with Gasteiger partial charge in [-0.3, -0.25) is 0 Å². The van der Waals surface area contributed by atoms with Crippen LogP contribution in [0, 0.1) is 6.92 Å². The molecule has 0 amide bonds. The fourth-order valence-corrected chi connectivity index (χ4v) is 1.85. The summed E-state index contributed by atoms with van der Waals surface area (Å²) >= 11 is 0. The highest BCUT2D eigenvalue weighted by Gasteiger charge is 2.19. The van der Waals surface area contributed by atoms with Crippen molar-refractivity contribution in [1.82, 2.24) is 0 Å². The zero-order chi connectivity index (χ0) is 11.8. The third-order valence-electron chi connectivity index (χ3n) is 2.74. The number of rotatable bonds is 2. The van der Waals surface area contributed by atoms with Crippen molar-refractivity contribution in [3.05, 3.63) is 47.4 Å². The van der Waals surface area contributed by atoms with E-state index in [1.54, 1.807) is 24.3 Å². The molecule has 1 aromatic heterocycles. The van der Waals surface area contributed by atoms with Crippen LogP contribution in [0.4, 0.5) is 0 Å². The van der Waals surface area contributed by atoms with Gasteiger partial charge in [0.05, 0.1) is 0 Å². The molecule has 1 aromatic carbocycles. The summed E-state index contributed by atoms with van der Waals surface area (Å²) in [6.45, 7) is 2.07. The molecule has 4 heteroatoms. The molecule has 0 radical (unpaired) electrons. The largest absolute Gasteiger partial charge is 0.463 e. The number of furan rings is 1. The molecule has 88 valence electrons. The molecule has 3 rings (SSSR count). The van der Waals surface area contributed by atoms with Crippen LogP contribution >= 0.6 is 0 Å². The lowest BCUT2D eigenvalue weighted by Crippen LogP contribution is -1.97. The minimum Gasteiger partial charge on any atom is -0.463 e. The highest BCUT2D eigenvalue weighted by atomic mass is 16.7. The van der Waals surface area contributed by atoms with Crippen LogP contribution in [0.3, 0.4) is 0 Å². The Kier molecular flexibility index (Phi) is 2.30. The summed E-state index contributed by atoms with van der Waals surface area (Å²) in [7, 11) is 0. The summed E-state index contributed by atoms with van der Waals surface area (Å²) < 4.78 is 15.9. The molecule has 1 N–H and O–H groups in total. The Morgan fingerprint density at radius 1 is 1.12 bits per heavy atom. The maximum absolute atomic E-state index is 10.1. The second kappa shape index (κ2) is 3.82. The maximum atomic E-state index is 10.1. The molecule has 0 aliphatic carbocycles. The van der Waals surface area contributed by atoms with Gasteiger partial charge in [-0.1, -0.05) is 6.07 Å². The molecule has 0 saturated carbocycles. The Morgan fingerprint density at radius 3 is 2.71 bits per heavy atom. The number of fused-ring (bicyclic) bond motifs is 1. The minimum atomic E-state index is -0.779. The topological polar surface area (TPSA) is 51.8 Å². The third kappa shape index (κ3) is 1.76. The summed E-state index contributed by atoms with van der Waals surface area (Å²) in [6.07, 6.45) is -0.779. The molecule has 17 heavy (non-hydrogen) atoms. The van der Waals surface area contributed by atoms with Crippen LogP contribution in [0.1, 0.15) is 23.2 Å². The molecule has 0 unspecified atom stereocenters. The average Bonchev–Trinajstić information content (AvgIpc) is 2.95. The molecule has 0 fully saturated rings. The lowest BCUT2D eigenvalue weighted by atomic mass is 10.1. The predicted molar refractivity (Wildman–Crippen MR) is 60.1 cm³/mol. The van der Waals surface area contributed by atoms with Gasteiger partial charge < -0.3 is 19.0 Å². The van der Waals surface area contributed by atoms with Crippen LogP contribution in [-0.4, -0.2) is 11.9 Å². The van der Waals surface area contributed by atoms with Gasteiger partial charge in [0.2, 0.25) is 6.79 Å². The summed E-state index contributed by atoms with van der Waals surface area (Å²) in [5, 5.41) is 10.1. The first-order valence-corrected chi connectivity index (χ1v) is 5.38. The molecule has 4 nitrogen and oxygen atoms in total. The van der Waals surface area contributed by atoms with E-state index >= 15 is 0 Å². The number of aliphatic hydroxyl groups is 1. The highest BCUT2D eigenvalue weighted by Crippen LogP contribution is 2.35. The first-order chi connectivity index (χ1) is 8.24. The quantitative estimate of drug-likeness (QED) is 0.863. The van der Waals surface area contributed by atoms with E-state index in [-0.39, 0.29) is 6.79 Å². The normalized spacial score (nSPS) is 14.9. The molecule has 0 spiro atoms. The number of aryl methyl sites for hydroxylation is 1. The van der Waals surface area contributed by atoms with Gasteiger partial charge in [-0.25, -0.2) is 0 Å². The Hall–Kier alpha value is -1.94. The van der Waals surface area contributed by atoms with Gasteiger partial charge in [-0.15, -0.1) is 0 Å². The van der Waals surface area contributed by atoms with Crippen molar-refractivity contribution in [1.29, 1.82) is 0 Å². The van der Waals surface area contributed by atoms with Crippen LogP contribution in [0.25, 0.3) is 0 Å². The van der Waals surface area contributed by atoms with Gasteiger partial charge in [0.15, 0.2) is 11.5 Å². The van der Waals surface area contributed by atoms with Gasteiger partial charge in [-0.05, 0) is 36.8 Å². The van der Waals surface area contributed by atoms with Gasteiger partial charge in [0.25, 0.3) is 0 Å². The maximum Gasteiger partial charge on any atom is 0.231 e. The van der Waals surface area contributed by atoms with Crippen LogP contribution in [0.5, 0.6) is 11.5 Å². The van der Waals surface area contributed by atoms with E-state index in [1.165, 1.54) is 0 Å². The molecule has 1 atom stereocenters. The Bertz CT molecular complexity index is 544. The van der Waals surface area contributed by atoms with E-state index in [0.29, 0.717) is 17.3 Å². The first-order valence-electron chi connectivity index (χ1n) is 5.38. The summed E-state index contributed by atoms with van der Waals surface area (Å²) in [5.74, 6) is 2.67. The van der Waals surface area contributed by atoms with Crippen LogP contribution in [0.2, 0.25) is 0 Å². The van der Waals surface area contributed by atoms with Gasteiger partial charge >= 0.3 is 0 Å². The third-order valence-corrected chi connectivity index (χ3v) is 2.74. The fraction of sp³-hybridized carbons (Fsp3) is 0.231. The van der Waals surface area contributed by atoms with E-state index in [1.807, 2.05) is 13.0 Å². The van der Waals surface area contributed by atoms with E-state index in [2.05, 4.69) is 0 Å². The molecule has 0 saturated heterocycles. The van der Waals surface area contributed by atoms with Crippen molar-refractivity contribution < 1.29 is 19.0 Å². The predicted octanol–water partition coefficient (Wildman–Crippen LogP) is 2.40. The molecule has 1 aliphatic rings. The number of hydrogen-bond donors (Lipinski definition) is 1. The second-order valence-electron chi connectivity index (χ2n) is 3.96. The Morgan fingerprint density at radius 2 is 1.94 bits per heavy atom. The molecule has 2 aromatic rings. The zero-order valence-corrected chi connectivity index (χ0v) is 9.34. The van der Waals surface area contributed by atoms with E-state index < -0.39 is 6.10 Å². The summed E-state index contributed by atoms with van der Waals surface area (Å²) in [5.41, 5.74) is 0.726. The Labute approximate surface area is 98.4 Å². The molecule has 2 heterocycles. The summed E-state index contributed by atoms with van der Waals surface area (Å²) in [4.78, 5) is 0. The second-order valence-corrected chi connectivity index (χ2v) is 3.96. The van der Waals surface area contributed by atoms with Gasteiger partial charge in [0, 0.05) is 0 Å². The van der Waals surface area contributed by atoms with Crippen molar-refractivity contribution in [2.75, 3.05) is 6.79 Å². The first kappa shape index (κ1) is 10.2. The number of ether oxygens (including phenoxy) is 2. The van der Waals surface area contributed by atoms with Crippen molar-refractivity contribution in [2.45, 2.75) is 13.0 Å². The standard InChI is InChI=1S/C13H12O4/c1-8-2-4-11(17-8)13(14)9-3-5-10-12(6-9)16-7-15-10/h2-6,13-14H,7H2,1H3/t13-/m1/s1. The number of benzene rings is 1. The lowest BCUT2D eigenvalue weighted by molar-refractivity contribution is 0.173. The Balaban J connectivity index is 1.94. The monoisotopic (exact) mass is 232 g/mol. The van der Waals surface area contributed by atoms with Crippen molar-refractivity contribution in [2.24, 2.45) is 0 Å². The van der Waals surface area contributed by atoms with Gasteiger partial charge in [0.1, 0.15) is 17.6 Å². The smallest absolute Gasteiger partial charge is 0.231 e. The molecule has 0 bridgehead atoms. The van der Waals surface area contributed by atoms with Crippen LogP contribution in [-0.2, 0) is 0 Å². The van der Waals surface area contributed by atoms with Crippen LogP contribution in [0.15, 0.2) is 34.7 Å². The van der Waals surface area contributed by atoms with Crippen molar-refractivity contribution in [3.63, 3.8) is 0 Å². The zero-order valence-electron chi connectivity index (χ0n) is 9.34. The fourth-order valence-electron chi connectivity index (χ4n) is 1.85. The van der Waals surface area contributed by atoms with Gasteiger partial charge in [-0.2, -0.15) is 0 Å². The van der Waals surface area contributed by atoms with E-state index in [9.17, 15) is 5.11 Å². The van der Waals surface area contributed by atoms with E-state index in [0.717, 1.165) is 11.3 Å². The molecular weight excluding hydrogens is 220 g/mol. The van der Waals surface area contributed by atoms with Crippen molar-refractivity contribution in [3.8, 4) is 11.5 Å². The number of aliphatic hydroxyl groups excluding tert-OH is 1. The SMILES string of the molecule is Cc1ccc([C@H](O)c2ccc3c(c2)OCO3)o1. The average molecular weight is 232 g/mol. The molecular formula is C13H12O4. The lowest BCUT2D eigenvalue weighted by Gasteiger charge is -2.08. The van der Waals surface area contributed by atoms with E-state index in [4.69, 9.17) is 13.9 Å².